The number of aliphatic hydroxyl groups is 1. The second-order valence-corrected chi connectivity index (χ2v) is 4.29. The largest absolute Gasteiger partial charge is 0.490 e. The average molecular weight is 270 g/mol. The monoisotopic (exact) mass is 270 g/mol. The highest BCUT2D eigenvalue weighted by atomic mass is 16.5. The summed E-state index contributed by atoms with van der Waals surface area (Å²) >= 11 is 0. The van der Waals surface area contributed by atoms with Crippen LogP contribution in [0.5, 0.6) is 5.75 Å². The van der Waals surface area contributed by atoms with Gasteiger partial charge in [0.25, 0.3) is 0 Å². The molecule has 2 aromatic rings. The van der Waals surface area contributed by atoms with Crippen LogP contribution in [0.2, 0.25) is 0 Å². The van der Waals surface area contributed by atoms with Crippen molar-refractivity contribution in [1.29, 1.82) is 0 Å². The molecular formula is C16H18N2O2. The highest BCUT2D eigenvalue weighted by Crippen LogP contribution is 2.16. The van der Waals surface area contributed by atoms with Gasteiger partial charge in [-0.05, 0) is 23.8 Å². The molecule has 0 bridgehead atoms. The van der Waals surface area contributed by atoms with Crippen LogP contribution in [0.4, 0.5) is 5.69 Å². The third-order valence-corrected chi connectivity index (χ3v) is 2.86. The number of hydrogen-bond acceptors (Lipinski definition) is 4. The molecule has 0 unspecified atom stereocenters. The highest BCUT2D eigenvalue weighted by molar-refractivity contribution is 5.49. The van der Waals surface area contributed by atoms with E-state index in [9.17, 15) is 5.11 Å². The van der Waals surface area contributed by atoms with E-state index < -0.39 is 0 Å². The summed E-state index contributed by atoms with van der Waals surface area (Å²) in [5.74, 6) is 0.825. The van der Waals surface area contributed by atoms with E-state index in [1.807, 2.05) is 24.3 Å². The maximum Gasteiger partial charge on any atom is 0.119 e. The number of pyridine rings is 1. The molecule has 0 aliphatic heterocycles. The first-order valence-corrected chi connectivity index (χ1v) is 6.43. The van der Waals surface area contributed by atoms with Gasteiger partial charge in [0.1, 0.15) is 12.4 Å². The van der Waals surface area contributed by atoms with E-state index in [0.717, 1.165) is 22.6 Å². The zero-order chi connectivity index (χ0) is 14.2. The molecule has 0 fully saturated rings. The lowest BCUT2D eigenvalue weighted by Gasteiger charge is -2.10. The Bertz CT molecular complexity index is 553. The molecule has 0 radical (unpaired) electrons. The number of hydrogen-bond donors (Lipinski definition) is 2. The molecule has 2 N–H and O–H groups in total. The van der Waals surface area contributed by atoms with Crippen LogP contribution < -0.4 is 10.1 Å². The highest BCUT2D eigenvalue weighted by Gasteiger charge is 2.01. The molecule has 104 valence electrons. The van der Waals surface area contributed by atoms with Crippen molar-refractivity contribution >= 4 is 5.69 Å². The van der Waals surface area contributed by atoms with Gasteiger partial charge in [0, 0.05) is 18.3 Å². The second-order valence-electron chi connectivity index (χ2n) is 4.29. The normalized spacial score (nSPS) is 10.1. The summed E-state index contributed by atoms with van der Waals surface area (Å²) in [6.45, 7) is 4.78. The van der Waals surface area contributed by atoms with Gasteiger partial charge in [-0.15, -0.1) is 0 Å². The smallest absolute Gasteiger partial charge is 0.119 e. The van der Waals surface area contributed by atoms with Crippen LogP contribution in [0, 0.1) is 0 Å². The molecular weight excluding hydrogens is 252 g/mol. The third kappa shape index (κ3) is 3.83. The Hall–Kier alpha value is -2.33. The predicted molar refractivity (Wildman–Crippen MR) is 79.6 cm³/mol. The fraction of sp³-hybridized carbons (Fsp3) is 0.188. The van der Waals surface area contributed by atoms with E-state index in [1.165, 1.54) is 0 Å². The summed E-state index contributed by atoms with van der Waals surface area (Å²) in [7, 11) is 0. The number of rotatable bonds is 7. The van der Waals surface area contributed by atoms with Gasteiger partial charge in [-0.3, -0.25) is 4.98 Å². The van der Waals surface area contributed by atoms with Gasteiger partial charge < -0.3 is 15.2 Å². The average Bonchev–Trinajstić information content (AvgIpc) is 2.52. The van der Waals surface area contributed by atoms with Crippen LogP contribution in [0.25, 0.3) is 0 Å². The molecule has 0 aliphatic rings. The number of nitrogens with one attached hydrogen (secondary N) is 1. The minimum absolute atomic E-state index is 0.000809. The summed E-state index contributed by atoms with van der Waals surface area (Å²) in [6.07, 6.45) is 5.10. The van der Waals surface area contributed by atoms with Crippen molar-refractivity contribution < 1.29 is 9.84 Å². The van der Waals surface area contributed by atoms with Crippen LogP contribution >= 0.6 is 0 Å². The Balaban J connectivity index is 1.95. The third-order valence-electron chi connectivity index (χ3n) is 2.86. The molecule has 1 aromatic heterocycles. The van der Waals surface area contributed by atoms with Crippen molar-refractivity contribution in [2.45, 2.75) is 13.2 Å². The Kier molecular flexibility index (Phi) is 5.15. The second kappa shape index (κ2) is 7.31. The van der Waals surface area contributed by atoms with E-state index in [2.05, 4.69) is 16.9 Å². The van der Waals surface area contributed by atoms with Gasteiger partial charge in [-0.1, -0.05) is 24.8 Å². The van der Waals surface area contributed by atoms with E-state index >= 15 is 0 Å². The number of aliphatic hydroxyl groups excluding tert-OH is 1. The quantitative estimate of drug-likeness (QED) is 0.760. The summed E-state index contributed by atoms with van der Waals surface area (Å²) in [6, 6.07) is 9.66. The molecule has 1 aromatic carbocycles. The number of benzene rings is 1. The Morgan fingerprint density at radius 1 is 1.25 bits per heavy atom. The Morgan fingerprint density at radius 2 is 2.05 bits per heavy atom. The van der Waals surface area contributed by atoms with Crippen molar-refractivity contribution in [2.24, 2.45) is 0 Å². The maximum atomic E-state index is 9.24. The van der Waals surface area contributed by atoms with Crippen LogP contribution in [0.15, 0.2) is 55.4 Å². The van der Waals surface area contributed by atoms with E-state index in [0.29, 0.717) is 13.2 Å². The van der Waals surface area contributed by atoms with Gasteiger partial charge in [-0.2, -0.15) is 0 Å². The van der Waals surface area contributed by atoms with Crippen molar-refractivity contribution in [2.75, 3.05) is 11.9 Å². The molecule has 0 saturated heterocycles. The predicted octanol–water partition coefficient (Wildman–Crippen LogP) is 2.75. The fourth-order valence-electron chi connectivity index (χ4n) is 1.78. The molecule has 0 amide bonds. The number of anilines is 1. The standard InChI is InChI=1S/C16H18N2O2/c1-2-9-20-15-5-3-13(4-6-15)10-18-16-11-17-8-7-14(16)12-19/h2-8,11,18-19H,1,9-10,12H2. The first-order valence-electron chi connectivity index (χ1n) is 6.43. The molecule has 20 heavy (non-hydrogen) atoms. The lowest BCUT2D eigenvalue weighted by molar-refractivity contribution is 0.282. The van der Waals surface area contributed by atoms with E-state index in [1.54, 1.807) is 24.5 Å². The molecule has 0 atom stereocenters. The summed E-state index contributed by atoms with van der Waals surface area (Å²) in [5.41, 5.74) is 2.82. The first kappa shape index (κ1) is 14.1. The maximum absolute atomic E-state index is 9.24. The zero-order valence-electron chi connectivity index (χ0n) is 11.2. The molecule has 0 spiro atoms. The van der Waals surface area contributed by atoms with Crippen molar-refractivity contribution in [3.63, 3.8) is 0 Å². The van der Waals surface area contributed by atoms with Crippen LogP contribution in [0.1, 0.15) is 11.1 Å². The number of aromatic nitrogens is 1. The van der Waals surface area contributed by atoms with Crippen LogP contribution in [-0.4, -0.2) is 16.7 Å². The molecule has 2 rings (SSSR count). The molecule has 1 heterocycles. The minimum Gasteiger partial charge on any atom is -0.490 e. The molecule has 0 aliphatic carbocycles. The van der Waals surface area contributed by atoms with Crippen molar-refractivity contribution in [3.05, 3.63) is 66.5 Å². The van der Waals surface area contributed by atoms with Gasteiger partial charge in [0.2, 0.25) is 0 Å². The lowest BCUT2D eigenvalue weighted by Crippen LogP contribution is -2.03. The number of nitrogens with zero attached hydrogens (tertiary/aromatic N) is 1. The number of ether oxygens (including phenoxy) is 1. The summed E-state index contributed by atoms with van der Waals surface area (Å²) in [5, 5.41) is 12.5. The van der Waals surface area contributed by atoms with Crippen molar-refractivity contribution in [1.82, 2.24) is 4.98 Å². The molecule has 4 nitrogen and oxygen atoms in total. The zero-order valence-corrected chi connectivity index (χ0v) is 11.2. The lowest BCUT2D eigenvalue weighted by atomic mass is 10.2. The Morgan fingerprint density at radius 3 is 2.75 bits per heavy atom. The summed E-state index contributed by atoms with van der Waals surface area (Å²) in [4.78, 5) is 4.05. The molecule has 0 saturated carbocycles. The van der Waals surface area contributed by atoms with E-state index in [-0.39, 0.29) is 6.61 Å². The minimum atomic E-state index is -0.000809. The van der Waals surface area contributed by atoms with Crippen LogP contribution in [0.3, 0.4) is 0 Å². The SMILES string of the molecule is C=CCOc1ccc(CNc2cnccc2CO)cc1. The first-order chi connectivity index (χ1) is 9.83. The van der Waals surface area contributed by atoms with Crippen LogP contribution in [-0.2, 0) is 13.2 Å². The summed E-state index contributed by atoms with van der Waals surface area (Å²) < 4.78 is 5.43. The molecule has 4 heteroatoms. The van der Waals surface area contributed by atoms with E-state index in [4.69, 9.17) is 4.74 Å². The Labute approximate surface area is 118 Å². The van der Waals surface area contributed by atoms with Gasteiger partial charge in [-0.25, -0.2) is 0 Å². The topological polar surface area (TPSA) is 54.4 Å². The fourth-order valence-corrected chi connectivity index (χ4v) is 1.78. The van der Waals surface area contributed by atoms with Gasteiger partial charge >= 0.3 is 0 Å². The van der Waals surface area contributed by atoms with Gasteiger partial charge in [0.15, 0.2) is 0 Å². The van der Waals surface area contributed by atoms with Crippen molar-refractivity contribution in [3.8, 4) is 5.75 Å². The van der Waals surface area contributed by atoms with Gasteiger partial charge in [0.05, 0.1) is 18.5 Å².